The predicted molar refractivity (Wildman–Crippen MR) is 82.6 cm³/mol. The van der Waals surface area contributed by atoms with E-state index in [0.717, 1.165) is 17.7 Å². The number of hydrogen-bond acceptors (Lipinski definition) is 3. The fraction of sp³-hybridized carbons (Fsp3) is 0.188. The summed E-state index contributed by atoms with van der Waals surface area (Å²) < 4.78 is 22.7. The quantitative estimate of drug-likeness (QED) is 0.809. The third-order valence-electron chi connectivity index (χ3n) is 3.02. The monoisotopic (exact) mass is 287 g/mol. The average Bonchev–Trinajstić information content (AvgIpc) is 2.45. The van der Waals surface area contributed by atoms with Gasteiger partial charge in [-0.25, -0.2) is 8.42 Å². The van der Waals surface area contributed by atoms with Gasteiger partial charge in [0, 0.05) is 12.5 Å². The van der Waals surface area contributed by atoms with E-state index in [1.807, 2.05) is 12.1 Å². The van der Waals surface area contributed by atoms with Gasteiger partial charge in [-0.15, -0.1) is 0 Å². The Morgan fingerprint density at radius 3 is 2.10 bits per heavy atom. The van der Waals surface area contributed by atoms with Crippen molar-refractivity contribution in [2.24, 2.45) is 4.99 Å². The van der Waals surface area contributed by atoms with Gasteiger partial charge in [0.25, 0.3) is 0 Å². The minimum absolute atomic E-state index is 0.309. The molecule has 0 bridgehead atoms. The van der Waals surface area contributed by atoms with Crippen molar-refractivity contribution in [3.8, 4) is 0 Å². The fourth-order valence-corrected chi connectivity index (χ4v) is 2.40. The van der Waals surface area contributed by atoms with Crippen molar-refractivity contribution in [2.75, 3.05) is 6.26 Å². The molecule has 0 aromatic heterocycles. The fourth-order valence-electron chi connectivity index (χ4n) is 1.77. The average molecular weight is 287 g/mol. The normalized spacial score (nSPS) is 11.9. The zero-order valence-electron chi connectivity index (χ0n) is 11.6. The maximum atomic E-state index is 11.3. The minimum atomic E-state index is -3.15. The predicted octanol–water partition coefficient (Wildman–Crippen LogP) is 3.40. The molecule has 0 radical (unpaired) electrons. The summed E-state index contributed by atoms with van der Waals surface area (Å²) >= 11 is 0. The lowest BCUT2D eigenvalue weighted by atomic mass is 10.1. The smallest absolute Gasteiger partial charge is 0.175 e. The maximum Gasteiger partial charge on any atom is 0.175 e. The second-order valence-electron chi connectivity index (χ2n) is 4.62. The summed E-state index contributed by atoms with van der Waals surface area (Å²) in [5.74, 6) is 0. The molecule has 0 heterocycles. The van der Waals surface area contributed by atoms with Crippen LogP contribution in [0.25, 0.3) is 0 Å². The molecule has 0 saturated heterocycles. The van der Waals surface area contributed by atoms with Gasteiger partial charge in [-0.1, -0.05) is 31.2 Å². The molecule has 0 fully saturated rings. The minimum Gasteiger partial charge on any atom is -0.256 e. The van der Waals surface area contributed by atoms with E-state index in [2.05, 4.69) is 24.0 Å². The number of benzene rings is 2. The Labute approximate surface area is 119 Å². The second kappa shape index (κ2) is 6.01. The Hall–Kier alpha value is -1.94. The topological polar surface area (TPSA) is 46.5 Å². The Morgan fingerprint density at radius 1 is 1.00 bits per heavy atom. The Balaban J connectivity index is 2.14. The number of rotatable bonds is 4. The van der Waals surface area contributed by atoms with E-state index in [1.54, 1.807) is 30.5 Å². The van der Waals surface area contributed by atoms with Crippen LogP contribution in [0.2, 0.25) is 0 Å². The Morgan fingerprint density at radius 2 is 1.60 bits per heavy atom. The molecule has 2 rings (SSSR count). The number of aliphatic imine (C=N–C) groups is 1. The molecular formula is C16H17NO2S. The van der Waals surface area contributed by atoms with E-state index < -0.39 is 9.84 Å². The number of nitrogens with zero attached hydrogens (tertiary/aromatic N) is 1. The van der Waals surface area contributed by atoms with Gasteiger partial charge < -0.3 is 0 Å². The number of aryl methyl sites for hydroxylation is 1. The molecule has 2 aromatic carbocycles. The van der Waals surface area contributed by atoms with E-state index in [0.29, 0.717) is 4.90 Å². The van der Waals surface area contributed by atoms with E-state index in [1.165, 1.54) is 11.8 Å². The summed E-state index contributed by atoms with van der Waals surface area (Å²) in [4.78, 5) is 4.64. The van der Waals surface area contributed by atoms with Crippen molar-refractivity contribution in [3.63, 3.8) is 0 Å². The zero-order valence-corrected chi connectivity index (χ0v) is 12.4. The maximum absolute atomic E-state index is 11.3. The first-order valence-electron chi connectivity index (χ1n) is 6.42. The van der Waals surface area contributed by atoms with Crippen LogP contribution in [0.15, 0.2) is 58.4 Å². The molecule has 0 unspecified atom stereocenters. The van der Waals surface area contributed by atoms with Crippen molar-refractivity contribution < 1.29 is 8.42 Å². The third kappa shape index (κ3) is 3.78. The molecule has 0 N–H and O–H groups in total. The molecule has 4 heteroatoms. The number of sulfone groups is 1. The van der Waals surface area contributed by atoms with E-state index in [-0.39, 0.29) is 0 Å². The molecule has 0 amide bonds. The van der Waals surface area contributed by atoms with Gasteiger partial charge >= 0.3 is 0 Å². The second-order valence-corrected chi connectivity index (χ2v) is 6.64. The molecule has 0 spiro atoms. The van der Waals surface area contributed by atoms with Gasteiger partial charge in [0.15, 0.2) is 9.84 Å². The summed E-state index contributed by atoms with van der Waals surface area (Å²) in [7, 11) is -3.15. The Kier molecular flexibility index (Phi) is 4.35. The molecule has 0 atom stereocenters. The van der Waals surface area contributed by atoms with E-state index in [9.17, 15) is 8.42 Å². The Bertz CT molecular complexity index is 699. The molecule has 2 aromatic rings. The van der Waals surface area contributed by atoms with Crippen molar-refractivity contribution in [3.05, 3.63) is 59.7 Å². The zero-order chi connectivity index (χ0) is 14.6. The van der Waals surface area contributed by atoms with Crippen molar-refractivity contribution in [1.82, 2.24) is 0 Å². The van der Waals surface area contributed by atoms with Crippen molar-refractivity contribution in [1.29, 1.82) is 0 Å². The van der Waals surface area contributed by atoms with Crippen LogP contribution in [-0.2, 0) is 16.3 Å². The molecule has 104 valence electrons. The third-order valence-corrected chi connectivity index (χ3v) is 4.14. The summed E-state index contributed by atoms with van der Waals surface area (Å²) in [6.07, 6.45) is 3.99. The highest BCUT2D eigenvalue weighted by atomic mass is 32.2. The van der Waals surface area contributed by atoms with Crippen LogP contribution < -0.4 is 0 Å². The van der Waals surface area contributed by atoms with Crippen molar-refractivity contribution >= 4 is 21.7 Å². The van der Waals surface area contributed by atoms with Gasteiger partial charge in [-0.2, -0.15) is 0 Å². The molecule has 0 aliphatic rings. The van der Waals surface area contributed by atoms with Crippen LogP contribution in [0.5, 0.6) is 0 Å². The van der Waals surface area contributed by atoms with E-state index in [4.69, 9.17) is 0 Å². The van der Waals surface area contributed by atoms with Gasteiger partial charge in [-0.3, -0.25) is 4.99 Å². The largest absolute Gasteiger partial charge is 0.256 e. The lowest BCUT2D eigenvalue weighted by Gasteiger charge is -1.99. The molecule has 0 saturated carbocycles. The molecule has 0 aliphatic heterocycles. The number of hydrogen-bond donors (Lipinski definition) is 0. The summed E-state index contributed by atoms with van der Waals surface area (Å²) in [6.45, 7) is 2.12. The molecule has 0 aliphatic carbocycles. The van der Waals surface area contributed by atoms with E-state index >= 15 is 0 Å². The summed E-state index contributed by atoms with van der Waals surface area (Å²) in [5, 5.41) is 0. The SMILES string of the molecule is CCc1ccc(C=Nc2ccc(S(C)(=O)=O)cc2)cc1. The standard InChI is InChI=1S/C16H17NO2S/c1-3-13-4-6-14(7-5-13)12-17-15-8-10-16(11-9-15)20(2,18)19/h4-12H,3H2,1-2H3. The highest BCUT2D eigenvalue weighted by Gasteiger charge is 2.05. The highest BCUT2D eigenvalue weighted by Crippen LogP contribution is 2.16. The van der Waals surface area contributed by atoms with Gasteiger partial charge in [0.1, 0.15) is 0 Å². The highest BCUT2D eigenvalue weighted by molar-refractivity contribution is 7.90. The molecular weight excluding hydrogens is 270 g/mol. The molecule has 3 nitrogen and oxygen atoms in total. The summed E-state index contributed by atoms with van der Waals surface area (Å²) in [5.41, 5.74) is 3.05. The first-order chi connectivity index (χ1) is 9.49. The van der Waals surface area contributed by atoms with Crippen LogP contribution in [0.4, 0.5) is 5.69 Å². The van der Waals surface area contributed by atoms with Gasteiger partial charge in [-0.05, 0) is 41.8 Å². The lowest BCUT2D eigenvalue weighted by molar-refractivity contribution is 0.602. The van der Waals surface area contributed by atoms with Crippen LogP contribution in [-0.4, -0.2) is 20.9 Å². The van der Waals surface area contributed by atoms with Crippen LogP contribution in [0, 0.1) is 0 Å². The van der Waals surface area contributed by atoms with Crippen LogP contribution in [0.3, 0.4) is 0 Å². The van der Waals surface area contributed by atoms with Crippen LogP contribution >= 0.6 is 0 Å². The first kappa shape index (κ1) is 14.5. The van der Waals surface area contributed by atoms with Crippen molar-refractivity contribution in [2.45, 2.75) is 18.2 Å². The van der Waals surface area contributed by atoms with Gasteiger partial charge in [0.2, 0.25) is 0 Å². The summed E-state index contributed by atoms with van der Waals surface area (Å²) in [6, 6.07) is 14.7. The molecule has 20 heavy (non-hydrogen) atoms. The van der Waals surface area contributed by atoms with Crippen LogP contribution in [0.1, 0.15) is 18.1 Å². The lowest BCUT2D eigenvalue weighted by Crippen LogP contribution is -1.95. The van der Waals surface area contributed by atoms with Gasteiger partial charge in [0.05, 0.1) is 10.6 Å². The first-order valence-corrected chi connectivity index (χ1v) is 8.31.